The van der Waals surface area contributed by atoms with Gasteiger partial charge in [0.15, 0.2) is 5.03 Å². The monoisotopic (exact) mass is 166 g/mol. The summed E-state index contributed by atoms with van der Waals surface area (Å²) in [4.78, 5) is 13.6. The highest BCUT2D eigenvalue weighted by molar-refractivity contribution is 5.85. The van der Waals surface area contributed by atoms with E-state index in [4.69, 9.17) is 5.73 Å². The van der Waals surface area contributed by atoms with E-state index in [0.717, 1.165) is 5.01 Å². The molecular weight excluding hydrogens is 160 g/mol. The molecule has 58 valence electrons. The predicted octanol–water partition coefficient (Wildman–Crippen LogP) is -0.770. The molecule has 0 amide bonds. The minimum absolute atomic E-state index is 0. The van der Waals surface area contributed by atoms with Gasteiger partial charge in [-0.1, -0.05) is 5.01 Å². The Hall–Kier alpha value is -1.04. The molecule has 0 saturated carbocycles. The average molecular weight is 167 g/mol. The Labute approximate surface area is 63.2 Å². The smallest absolute Gasteiger partial charge is 0.254 e. The molecule has 1 aliphatic heterocycles. The first-order chi connectivity index (χ1) is 4.22. The molecule has 0 atom stereocenters. The van der Waals surface area contributed by atoms with Crippen LogP contribution in [0.25, 0.3) is 0 Å². The van der Waals surface area contributed by atoms with Crippen LogP contribution >= 0.6 is 12.4 Å². The molecule has 1 aliphatic rings. The first-order valence-corrected chi connectivity index (χ1v) is 2.43. The summed E-state index contributed by atoms with van der Waals surface area (Å²) in [6.07, 6.45) is 0. The molecule has 0 unspecified atom stereocenters. The van der Waals surface area contributed by atoms with Gasteiger partial charge in [-0.3, -0.25) is 0 Å². The highest BCUT2D eigenvalue weighted by Gasteiger charge is 2.22. The summed E-state index contributed by atoms with van der Waals surface area (Å²) in [6.45, 7) is 0.714. The van der Waals surface area contributed by atoms with Crippen molar-refractivity contribution in [1.29, 1.82) is 0 Å². The number of halogens is 1. The van der Waals surface area contributed by atoms with Gasteiger partial charge in [0, 0.05) is 0 Å². The number of rotatable bonds is 1. The molecule has 0 spiro atoms. The van der Waals surface area contributed by atoms with E-state index in [1.54, 1.807) is 0 Å². The number of hydrogen-bond donors (Lipinski definition) is 1. The molecule has 0 aromatic carbocycles. The minimum Gasteiger partial charge on any atom is -0.365 e. The molecular formula is C3H7ClN4O2. The Morgan fingerprint density at radius 3 is 2.60 bits per heavy atom. The van der Waals surface area contributed by atoms with Gasteiger partial charge in [-0.05, 0) is 0 Å². The molecule has 0 aromatic rings. The maximum atomic E-state index is 9.98. The largest absolute Gasteiger partial charge is 0.365 e. The summed E-state index contributed by atoms with van der Waals surface area (Å²) < 4.78 is 0. The second-order valence-corrected chi connectivity index (χ2v) is 1.60. The molecule has 0 fully saturated rings. The predicted molar refractivity (Wildman–Crippen MR) is 37.4 cm³/mol. The van der Waals surface area contributed by atoms with Crippen molar-refractivity contribution in [3.05, 3.63) is 10.1 Å². The average Bonchev–Trinajstić information content (AvgIpc) is 2.13. The van der Waals surface area contributed by atoms with Crippen LogP contribution in [0.3, 0.4) is 0 Å². The van der Waals surface area contributed by atoms with Crippen LogP contribution in [0.2, 0.25) is 0 Å². The summed E-state index contributed by atoms with van der Waals surface area (Å²) >= 11 is 0. The Bertz CT molecular complexity index is 170. The lowest BCUT2D eigenvalue weighted by Crippen LogP contribution is -2.38. The van der Waals surface area contributed by atoms with Gasteiger partial charge in [0.1, 0.15) is 6.54 Å². The first-order valence-electron chi connectivity index (χ1n) is 2.43. The van der Waals surface area contributed by atoms with Gasteiger partial charge in [-0.2, -0.15) is 0 Å². The van der Waals surface area contributed by atoms with E-state index in [-0.39, 0.29) is 18.4 Å². The van der Waals surface area contributed by atoms with E-state index in [1.807, 2.05) is 0 Å². The fourth-order valence-corrected chi connectivity index (χ4v) is 0.621. The van der Waals surface area contributed by atoms with E-state index in [9.17, 15) is 10.1 Å². The molecule has 0 bridgehead atoms. The lowest BCUT2D eigenvalue weighted by Gasteiger charge is -2.02. The van der Waals surface area contributed by atoms with Crippen LogP contribution in [0.1, 0.15) is 0 Å². The number of hydrogen-bond acceptors (Lipinski definition) is 4. The molecule has 0 aromatic heterocycles. The number of nitrogens with zero attached hydrogens (tertiary/aromatic N) is 3. The Morgan fingerprint density at radius 1 is 1.80 bits per heavy atom. The summed E-state index contributed by atoms with van der Waals surface area (Å²) in [5.41, 5.74) is 5.11. The number of nitro groups is 1. The van der Waals surface area contributed by atoms with Crippen LogP contribution < -0.4 is 5.73 Å². The van der Waals surface area contributed by atoms with Crippen LogP contribution in [0.4, 0.5) is 0 Å². The van der Waals surface area contributed by atoms with Crippen molar-refractivity contribution in [2.24, 2.45) is 10.7 Å². The molecule has 10 heavy (non-hydrogen) atoms. The molecule has 1 rings (SSSR count). The van der Waals surface area contributed by atoms with Crippen LogP contribution in [0, 0.1) is 10.1 Å². The zero-order valence-corrected chi connectivity index (χ0v) is 5.87. The summed E-state index contributed by atoms with van der Waals surface area (Å²) in [5, 5.41) is 10.2. The van der Waals surface area contributed by atoms with Crippen LogP contribution in [-0.2, 0) is 0 Å². The molecule has 6 nitrogen and oxygen atoms in total. The van der Waals surface area contributed by atoms with Crippen molar-refractivity contribution >= 4 is 18.4 Å². The lowest BCUT2D eigenvalue weighted by molar-refractivity contribution is -0.627. The van der Waals surface area contributed by atoms with E-state index in [0.29, 0.717) is 13.1 Å². The van der Waals surface area contributed by atoms with Gasteiger partial charge >= 0.3 is 0 Å². The third kappa shape index (κ3) is 1.47. The number of aliphatic imine (C=N–C) groups is 1. The van der Waals surface area contributed by atoms with E-state index >= 15 is 0 Å². The Balaban J connectivity index is 0.000000810. The Kier molecular flexibility index (Phi) is 2.88. The fraction of sp³-hybridized carbons (Fsp3) is 0.667. The van der Waals surface area contributed by atoms with Gasteiger partial charge < -0.3 is 5.73 Å². The summed E-state index contributed by atoms with van der Waals surface area (Å²) in [5.74, 6) is 0.000000000000000444. The number of guanidine groups is 1. The topological polar surface area (TPSA) is 84.8 Å². The first kappa shape index (κ1) is 8.96. The zero-order chi connectivity index (χ0) is 6.85. The third-order valence-corrected chi connectivity index (χ3v) is 1.05. The van der Waals surface area contributed by atoms with Crippen molar-refractivity contribution in [2.75, 3.05) is 13.1 Å². The molecule has 7 heteroatoms. The maximum absolute atomic E-state index is 9.98. The van der Waals surface area contributed by atoms with Crippen LogP contribution in [0.15, 0.2) is 4.99 Å². The molecule has 0 radical (unpaired) electrons. The van der Waals surface area contributed by atoms with Crippen LogP contribution in [-0.4, -0.2) is 29.1 Å². The van der Waals surface area contributed by atoms with Gasteiger partial charge in [-0.15, -0.1) is 12.4 Å². The van der Waals surface area contributed by atoms with Gasteiger partial charge in [0.25, 0.3) is 5.96 Å². The number of hydrazine groups is 1. The number of nitrogens with two attached hydrogens (primary N) is 1. The van der Waals surface area contributed by atoms with Gasteiger partial charge in [0.05, 0.1) is 6.54 Å². The van der Waals surface area contributed by atoms with Crippen molar-refractivity contribution in [3.8, 4) is 0 Å². The Morgan fingerprint density at radius 2 is 2.40 bits per heavy atom. The molecule has 2 N–H and O–H groups in total. The molecule has 0 saturated heterocycles. The molecule has 1 heterocycles. The fourth-order valence-electron chi connectivity index (χ4n) is 0.621. The van der Waals surface area contributed by atoms with Gasteiger partial charge in [0.2, 0.25) is 0 Å². The SMILES string of the molecule is Cl.NC1=NCCN1[N+](=O)[O-]. The van der Waals surface area contributed by atoms with Crippen LogP contribution in [0.5, 0.6) is 0 Å². The van der Waals surface area contributed by atoms with E-state index in [1.165, 1.54) is 0 Å². The van der Waals surface area contributed by atoms with Crippen molar-refractivity contribution in [1.82, 2.24) is 5.01 Å². The van der Waals surface area contributed by atoms with Crippen molar-refractivity contribution in [3.63, 3.8) is 0 Å². The standard InChI is InChI=1S/C3H6N4O2.ClH/c4-3-5-1-2-6(3)7(8)9;/h1-2H2,(H2,4,5);1H. The summed E-state index contributed by atoms with van der Waals surface area (Å²) in [6, 6.07) is 0. The van der Waals surface area contributed by atoms with Gasteiger partial charge in [-0.25, -0.2) is 15.1 Å². The second kappa shape index (κ2) is 3.21. The maximum Gasteiger partial charge on any atom is 0.254 e. The highest BCUT2D eigenvalue weighted by Crippen LogP contribution is 1.95. The zero-order valence-electron chi connectivity index (χ0n) is 5.06. The minimum atomic E-state index is -0.564. The third-order valence-electron chi connectivity index (χ3n) is 1.05. The molecule has 0 aliphatic carbocycles. The summed E-state index contributed by atoms with van der Waals surface area (Å²) in [7, 11) is 0. The highest BCUT2D eigenvalue weighted by atomic mass is 35.5. The normalized spacial score (nSPS) is 16.0. The second-order valence-electron chi connectivity index (χ2n) is 1.60. The quantitative estimate of drug-likeness (QED) is 0.410. The van der Waals surface area contributed by atoms with Crippen molar-refractivity contribution in [2.45, 2.75) is 0 Å². The lowest BCUT2D eigenvalue weighted by atomic mass is 10.7. The van der Waals surface area contributed by atoms with E-state index < -0.39 is 5.03 Å². The van der Waals surface area contributed by atoms with Crippen molar-refractivity contribution < 1.29 is 5.03 Å². The van der Waals surface area contributed by atoms with E-state index in [2.05, 4.69) is 4.99 Å².